The lowest BCUT2D eigenvalue weighted by molar-refractivity contribution is 0.100. The molecule has 6 nitrogen and oxygen atoms in total. The van der Waals surface area contributed by atoms with Crippen LogP contribution in [0.2, 0.25) is 0 Å². The molecule has 7 aromatic carbocycles. The fraction of sp³-hybridized carbons (Fsp3) is 0.0213. The van der Waals surface area contributed by atoms with Crippen molar-refractivity contribution >= 4 is 45.3 Å². The molecule has 6 heteroatoms. The molecular formula is C47H29N3O3. The molecule has 1 spiro atoms. The van der Waals surface area contributed by atoms with E-state index in [0.717, 1.165) is 78.2 Å². The van der Waals surface area contributed by atoms with Crippen molar-refractivity contribution < 1.29 is 13.6 Å². The molecule has 0 amide bonds. The van der Waals surface area contributed by atoms with Gasteiger partial charge in [0.25, 0.3) is 0 Å². The van der Waals surface area contributed by atoms with E-state index in [4.69, 9.17) is 23.5 Å². The molecule has 1 unspecified atom stereocenters. The number of oxazole rings is 2. The summed E-state index contributed by atoms with van der Waals surface area (Å²) >= 11 is 0. The number of rotatable bonds is 5. The molecule has 1 aliphatic carbocycles. The first-order valence-electron chi connectivity index (χ1n) is 17.6. The lowest BCUT2D eigenvalue weighted by atomic mass is 9.80. The molecule has 0 saturated heterocycles. The van der Waals surface area contributed by atoms with Crippen LogP contribution in [0.4, 0.5) is 17.1 Å². The number of ether oxygens (including phenoxy) is 1. The predicted molar refractivity (Wildman–Crippen MR) is 209 cm³/mol. The lowest BCUT2D eigenvalue weighted by Crippen LogP contribution is -2.31. The number of para-hydroxylation sites is 4. The Morgan fingerprint density at radius 1 is 0.453 bits per heavy atom. The third-order valence-corrected chi connectivity index (χ3v) is 10.4. The average molecular weight is 684 g/mol. The Kier molecular flexibility index (Phi) is 6.36. The average Bonchev–Trinajstić information content (AvgIpc) is 3.93. The minimum absolute atomic E-state index is 0.588. The maximum Gasteiger partial charge on any atom is 0.227 e. The smallest absolute Gasteiger partial charge is 0.227 e. The third kappa shape index (κ3) is 4.52. The number of aromatic nitrogens is 2. The van der Waals surface area contributed by atoms with Crippen molar-refractivity contribution in [1.82, 2.24) is 9.97 Å². The summed E-state index contributed by atoms with van der Waals surface area (Å²) in [5.41, 5.74) is 14.0. The van der Waals surface area contributed by atoms with Crippen LogP contribution in [0.3, 0.4) is 0 Å². The maximum absolute atomic E-state index is 6.80. The van der Waals surface area contributed by atoms with Gasteiger partial charge in [-0.25, -0.2) is 9.97 Å². The molecule has 1 aliphatic heterocycles. The van der Waals surface area contributed by atoms with Crippen LogP contribution < -0.4 is 4.90 Å². The van der Waals surface area contributed by atoms with Crippen molar-refractivity contribution in [3.63, 3.8) is 0 Å². The number of fused-ring (bicyclic) bond motifs is 9. The van der Waals surface area contributed by atoms with Gasteiger partial charge >= 0.3 is 0 Å². The van der Waals surface area contributed by atoms with E-state index >= 15 is 0 Å². The van der Waals surface area contributed by atoms with Crippen LogP contribution in [0.15, 0.2) is 179 Å². The fourth-order valence-electron chi connectivity index (χ4n) is 7.97. The Bertz CT molecular complexity index is 2700. The predicted octanol–water partition coefficient (Wildman–Crippen LogP) is 12.0. The first-order valence-corrected chi connectivity index (χ1v) is 17.6. The van der Waals surface area contributed by atoms with Gasteiger partial charge in [0.05, 0.1) is 6.26 Å². The minimum atomic E-state index is -0.785. The second-order valence-electron chi connectivity index (χ2n) is 13.4. The Balaban J connectivity index is 1.06. The topological polar surface area (TPSA) is 64.5 Å². The molecule has 0 fully saturated rings. The quantitative estimate of drug-likeness (QED) is 0.180. The first kappa shape index (κ1) is 29.5. The zero-order chi connectivity index (χ0) is 34.9. The van der Waals surface area contributed by atoms with Gasteiger partial charge in [-0.2, -0.15) is 0 Å². The summed E-state index contributed by atoms with van der Waals surface area (Å²) < 4.78 is 19.0. The van der Waals surface area contributed by atoms with Crippen LogP contribution in [0.5, 0.6) is 0 Å². The molecule has 9 aromatic rings. The summed E-state index contributed by atoms with van der Waals surface area (Å²) in [6.07, 6.45) is 3.89. The van der Waals surface area contributed by atoms with Crippen LogP contribution in [0.1, 0.15) is 22.3 Å². The number of anilines is 3. The lowest BCUT2D eigenvalue weighted by Gasteiger charge is -2.36. The number of benzene rings is 7. The largest absolute Gasteiger partial charge is 0.481 e. The molecule has 0 N–H and O–H groups in total. The second kappa shape index (κ2) is 11.4. The van der Waals surface area contributed by atoms with Crippen LogP contribution in [-0.2, 0) is 10.3 Å². The van der Waals surface area contributed by atoms with Gasteiger partial charge in [0, 0.05) is 44.9 Å². The monoisotopic (exact) mass is 683 g/mol. The van der Waals surface area contributed by atoms with Gasteiger partial charge in [-0.05, 0) is 108 Å². The molecule has 250 valence electrons. The van der Waals surface area contributed by atoms with Crippen molar-refractivity contribution in [2.75, 3.05) is 4.90 Å². The summed E-state index contributed by atoms with van der Waals surface area (Å²) in [7, 11) is 0. The van der Waals surface area contributed by atoms with Crippen molar-refractivity contribution in [3.05, 3.63) is 192 Å². The van der Waals surface area contributed by atoms with E-state index in [1.54, 1.807) is 0 Å². The second-order valence-corrected chi connectivity index (χ2v) is 13.4. The molecule has 0 saturated carbocycles. The summed E-state index contributed by atoms with van der Waals surface area (Å²) in [5.74, 6) is 1.18. The SMILES string of the molecule is C1=Cc2ccccc2C2(O1)c1ccccc1-c1ccc(N(c3ccc(-c4nc5ccccc5o4)cc3)c3ccc(-c4nc5ccccc5o4)cc3)cc12. The van der Waals surface area contributed by atoms with Gasteiger partial charge in [-0.3, -0.25) is 0 Å². The Morgan fingerprint density at radius 3 is 1.62 bits per heavy atom. The normalized spacial score (nSPS) is 15.3. The van der Waals surface area contributed by atoms with Crippen LogP contribution in [0.25, 0.3) is 62.3 Å². The van der Waals surface area contributed by atoms with Gasteiger partial charge in [0.1, 0.15) is 11.0 Å². The van der Waals surface area contributed by atoms with E-state index in [0.29, 0.717) is 11.8 Å². The van der Waals surface area contributed by atoms with E-state index in [1.807, 2.05) is 60.9 Å². The standard InChI is InChI=1S/C47H29N3O3/c1-3-11-38-30(9-1)27-28-51-47(38)39-12-4-2-10-36(39)37-26-25-35(29-40(37)47)50(33-21-17-31(18-22-33)45-48-41-13-5-7-15-43(41)52-45)34-23-19-32(20-24-34)46-49-42-14-6-8-16-44(42)53-46/h1-29H. The molecule has 3 heterocycles. The third-order valence-electron chi connectivity index (χ3n) is 10.4. The Labute approximate surface area is 304 Å². The zero-order valence-corrected chi connectivity index (χ0v) is 28.3. The molecule has 1 atom stereocenters. The molecule has 2 aliphatic rings. The van der Waals surface area contributed by atoms with E-state index in [9.17, 15) is 0 Å². The number of hydrogen-bond donors (Lipinski definition) is 0. The minimum Gasteiger partial charge on any atom is -0.481 e. The molecule has 53 heavy (non-hydrogen) atoms. The Hall–Kier alpha value is -7.18. The van der Waals surface area contributed by atoms with E-state index in [-0.39, 0.29) is 0 Å². The summed E-state index contributed by atoms with van der Waals surface area (Å²) in [6, 6.07) is 56.2. The summed E-state index contributed by atoms with van der Waals surface area (Å²) in [6.45, 7) is 0. The molecule has 11 rings (SSSR count). The molecule has 0 bridgehead atoms. The van der Waals surface area contributed by atoms with Crippen molar-refractivity contribution in [2.45, 2.75) is 5.60 Å². The van der Waals surface area contributed by atoms with Gasteiger partial charge in [0.15, 0.2) is 16.8 Å². The van der Waals surface area contributed by atoms with Gasteiger partial charge in [-0.1, -0.05) is 78.9 Å². The summed E-state index contributed by atoms with van der Waals surface area (Å²) in [5, 5.41) is 0. The van der Waals surface area contributed by atoms with Crippen LogP contribution in [0, 0.1) is 0 Å². The van der Waals surface area contributed by atoms with E-state index in [2.05, 4.69) is 120 Å². The fourth-order valence-corrected chi connectivity index (χ4v) is 7.97. The van der Waals surface area contributed by atoms with Gasteiger partial charge < -0.3 is 18.5 Å². The highest BCUT2D eigenvalue weighted by atomic mass is 16.5. The van der Waals surface area contributed by atoms with Crippen molar-refractivity contribution in [1.29, 1.82) is 0 Å². The van der Waals surface area contributed by atoms with E-state index in [1.165, 1.54) is 5.56 Å². The van der Waals surface area contributed by atoms with E-state index < -0.39 is 5.60 Å². The van der Waals surface area contributed by atoms with Gasteiger partial charge in [-0.15, -0.1) is 0 Å². The van der Waals surface area contributed by atoms with Gasteiger partial charge in [0.2, 0.25) is 11.8 Å². The zero-order valence-electron chi connectivity index (χ0n) is 28.3. The molecular weight excluding hydrogens is 655 g/mol. The Morgan fingerprint density at radius 2 is 0.981 bits per heavy atom. The first-order chi connectivity index (χ1) is 26.2. The van der Waals surface area contributed by atoms with Crippen molar-refractivity contribution in [3.8, 4) is 34.0 Å². The highest BCUT2D eigenvalue weighted by Crippen LogP contribution is 2.56. The maximum atomic E-state index is 6.80. The highest BCUT2D eigenvalue weighted by molar-refractivity contribution is 5.88. The molecule has 0 radical (unpaired) electrons. The van der Waals surface area contributed by atoms with Crippen LogP contribution in [-0.4, -0.2) is 9.97 Å². The number of hydrogen-bond acceptors (Lipinski definition) is 6. The molecule has 2 aromatic heterocycles. The highest BCUT2D eigenvalue weighted by Gasteiger charge is 2.48. The number of nitrogens with zero attached hydrogens (tertiary/aromatic N) is 3. The van der Waals surface area contributed by atoms with Crippen LogP contribution >= 0.6 is 0 Å². The van der Waals surface area contributed by atoms with Crippen molar-refractivity contribution in [2.24, 2.45) is 0 Å². The summed E-state index contributed by atoms with van der Waals surface area (Å²) in [4.78, 5) is 11.7.